The number of rotatable bonds is 2. The number of hydrogen-bond acceptors (Lipinski definition) is 1. The summed E-state index contributed by atoms with van der Waals surface area (Å²) >= 11 is 0. The third-order valence-corrected chi connectivity index (χ3v) is 3.66. The van der Waals surface area contributed by atoms with Gasteiger partial charge in [-0.2, -0.15) is 0 Å². The summed E-state index contributed by atoms with van der Waals surface area (Å²) in [5.41, 5.74) is 0. The Morgan fingerprint density at radius 1 is 0.750 bits per heavy atom. The first-order valence-corrected chi connectivity index (χ1v) is 5.91. The third kappa shape index (κ3) is 2.31. The maximum atomic E-state index is 12.7. The van der Waals surface area contributed by atoms with E-state index in [9.17, 15) is 13.3 Å². The van der Waals surface area contributed by atoms with Gasteiger partial charge in [0.05, 0.1) is 0 Å². The average molecular weight is 239 g/mol. The fourth-order valence-corrected chi connectivity index (χ4v) is 2.44. The minimum absolute atomic E-state index is 0. The quantitative estimate of drug-likeness (QED) is 0.736. The maximum absolute atomic E-state index is 12.7. The Kier molecular flexibility index (Phi) is 3.07. The summed E-state index contributed by atoms with van der Waals surface area (Å²) in [5, 5.41) is 1.06. The molecule has 0 spiro atoms. The lowest BCUT2D eigenvalue weighted by molar-refractivity contribution is 0.598. The van der Waals surface area contributed by atoms with Gasteiger partial charge in [0.15, 0.2) is 10.6 Å². The molecule has 0 fully saturated rings. The van der Waals surface area contributed by atoms with Crippen molar-refractivity contribution in [3.8, 4) is 0 Å². The van der Waals surface area contributed by atoms with Gasteiger partial charge in [0.2, 0.25) is 0 Å². The highest BCUT2D eigenvalue weighted by Gasteiger charge is 2.22. The molecule has 0 N–H and O–H groups in total. The lowest BCUT2D eigenvalue weighted by Gasteiger charge is -1.90. The van der Waals surface area contributed by atoms with E-state index in [1.165, 1.54) is 48.5 Å². The molecular weight excluding hydrogens is 229 g/mol. The minimum Gasteiger partial charge on any atom is -0.207 e. The standard InChI is InChI=1S/C12H8F2OP.H2/c13-9-1-5-11(6-2-9)16(15)12-7-3-10(14)4-8-12;/h1-8H;1H/q+1;. The van der Waals surface area contributed by atoms with E-state index in [0.29, 0.717) is 10.6 Å². The highest BCUT2D eigenvalue weighted by molar-refractivity contribution is 7.61. The van der Waals surface area contributed by atoms with Gasteiger partial charge in [0.1, 0.15) is 11.6 Å². The van der Waals surface area contributed by atoms with Gasteiger partial charge < -0.3 is 0 Å². The van der Waals surface area contributed by atoms with E-state index in [1.54, 1.807) is 0 Å². The zero-order valence-electron chi connectivity index (χ0n) is 8.23. The Morgan fingerprint density at radius 2 is 1.06 bits per heavy atom. The van der Waals surface area contributed by atoms with Crippen LogP contribution in [0.1, 0.15) is 1.43 Å². The monoisotopic (exact) mass is 239 g/mol. The Morgan fingerprint density at radius 3 is 1.38 bits per heavy atom. The molecule has 0 aromatic heterocycles. The first-order valence-electron chi connectivity index (χ1n) is 4.65. The molecule has 2 rings (SSSR count). The van der Waals surface area contributed by atoms with Gasteiger partial charge in [-0.15, -0.1) is 0 Å². The Bertz CT molecular complexity index is 464. The van der Waals surface area contributed by atoms with Gasteiger partial charge in [0, 0.05) is 1.43 Å². The molecule has 82 valence electrons. The molecule has 16 heavy (non-hydrogen) atoms. The van der Waals surface area contributed by atoms with Gasteiger partial charge in [-0.1, -0.05) is 4.57 Å². The van der Waals surface area contributed by atoms with E-state index < -0.39 is 7.80 Å². The van der Waals surface area contributed by atoms with Gasteiger partial charge in [0.25, 0.3) is 0 Å². The minimum atomic E-state index is -1.78. The summed E-state index contributed by atoms with van der Waals surface area (Å²) in [6.07, 6.45) is 0. The van der Waals surface area contributed by atoms with Crippen LogP contribution >= 0.6 is 7.80 Å². The van der Waals surface area contributed by atoms with Crippen molar-refractivity contribution in [2.75, 3.05) is 0 Å². The molecule has 2 aromatic carbocycles. The van der Waals surface area contributed by atoms with Crippen LogP contribution in [0.5, 0.6) is 0 Å². The van der Waals surface area contributed by atoms with Crippen LogP contribution in [-0.2, 0) is 4.57 Å². The second-order valence-corrected chi connectivity index (χ2v) is 4.87. The van der Waals surface area contributed by atoms with Crippen LogP contribution in [-0.4, -0.2) is 0 Å². The second kappa shape index (κ2) is 4.50. The van der Waals surface area contributed by atoms with Gasteiger partial charge in [-0.25, -0.2) is 8.78 Å². The van der Waals surface area contributed by atoms with Crippen molar-refractivity contribution in [3.05, 3.63) is 60.2 Å². The van der Waals surface area contributed by atoms with Crippen LogP contribution < -0.4 is 10.6 Å². The SMILES string of the molecule is O=[P+](c1ccc(F)cc1)c1ccc(F)cc1.[HH]. The number of halogens is 2. The van der Waals surface area contributed by atoms with Crippen LogP contribution in [0.25, 0.3) is 0 Å². The number of hydrogen-bond donors (Lipinski definition) is 0. The molecule has 4 heteroatoms. The molecule has 0 unspecified atom stereocenters. The van der Waals surface area contributed by atoms with Crippen molar-refractivity contribution in [2.24, 2.45) is 0 Å². The smallest absolute Gasteiger partial charge is 0.207 e. The molecule has 0 amide bonds. The van der Waals surface area contributed by atoms with E-state index >= 15 is 0 Å². The van der Waals surface area contributed by atoms with Crippen molar-refractivity contribution in [2.45, 2.75) is 0 Å². The maximum Gasteiger partial charge on any atom is 0.415 e. The summed E-state index contributed by atoms with van der Waals surface area (Å²) in [6.45, 7) is 0. The molecule has 0 atom stereocenters. The van der Waals surface area contributed by atoms with Crippen molar-refractivity contribution >= 4 is 18.4 Å². The van der Waals surface area contributed by atoms with Crippen LogP contribution in [0, 0.1) is 11.6 Å². The molecule has 0 saturated heterocycles. The topological polar surface area (TPSA) is 17.1 Å². The summed E-state index contributed by atoms with van der Waals surface area (Å²) in [7, 11) is -1.78. The Hall–Kier alpha value is -1.60. The normalized spacial score (nSPS) is 10.1. The van der Waals surface area contributed by atoms with Crippen LogP contribution in [0.15, 0.2) is 48.5 Å². The fraction of sp³-hybridized carbons (Fsp3) is 0. The molecule has 0 aliphatic rings. The summed E-state index contributed by atoms with van der Waals surface area (Å²) < 4.78 is 37.3. The lowest BCUT2D eigenvalue weighted by atomic mass is 10.3. The van der Waals surface area contributed by atoms with E-state index in [2.05, 4.69) is 0 Å². The first kappa shape index (κ1) is 10.9. The van der Waals surface area contributed by atoms with E-state index in [4.69, 9.17) is 0 Å². The van der Waals surface area contributed by atoms with Crippen LogP contribution in [0.3, 0.4) is 0 Å². The summed E-state index contributed by atoms with van der Waals surface area (Å²) in [4.78, 5) is 0. The summed E-state index contributed by atoms with van der Waals surface area (Å²) in [6, 6.07) is 10.9. The molecule has 0 saturated carbocycles. The van der Waals surface area contributed by atoms with Crippen molar-refractivity contribution in [3.63, 3.8) is 0 Å². The lowest BCUT2D eigenvalue weighted by Crippen LogP contribution is -2.06. The van der Waals surface area contributed by atoms with Crippen molar-refractivity contribution in [1.82, 2.24) is 0 Å². The fourth-order valence-electron chi connectivity index (χ4n) is 1.30. The second-order valence-electron chi connectivity index (χ2n) is 3.25. The van der Waals surface area contributed by atoms with Crippen LogP contribution in [0.4, 0.5) is 8.78 Å². The van der Waals surface area contributed by atoms with Crippen LogP contribution in [0.2, 0.25) is 0 Å². The Balaban J connectivity index is 0.00000144. The third-order valence-electron chi connectivity index (χ3n) is 2.12. The zero-order valence-corrected chi connectivity index (χ0v) is 9.12. The molecule has 0 aliphatic heterocycles. The molecule has 2 aromatic rings. The number of benzene rings is 2. The predicted molar refractivity (Wildman–Crippen MR) is 61.8 cm³/mol. The van der Waals surface area contributed by atoms with Gasteiger partial charge >= 0.3 is 7.80 Å². The van der Waals surface area contributed by atoms with Crippen molar-refractivity contribution < 1.29 is 14.8 Å². The molecule has 0 aliphatic carbocycles. The van der Waals surface area contributed by atoms with E-state index in [1.807, 2.05) is 0 Å². The predicted octanol–water partition coefficient (Wildman–Crippen LogP) is 2.99. The largest absolute Gasteiger partial charge is 0.415 e. The van der Waals surface area contributed by atoms with E-state index in [-0.39, 0.29) is 13.1 Å². The van der Waals surface area contributed by atoms with Crippen molar-refractivity contribution in [1.29, 1.82) is 0 Å². The molecule has 1 nitrogen and oxygen atoms in total. The van der Waals surface area contributed by atoms with E-state index in [0.717, 1.165) is 0 Å². The zero-order chi connectivity index (χ0) is 11.5. The Labute approximate surface area is 94.0 Å². The molecule has 0 heterocycles. The van der Waals surface area contributed by atoms with Gasteiger partial charge in [-0.3, -0.25) is 0 Å². The first-order chi connectivity index (χ1) is 7.66. The molecular formula is C12H10F2OP+. The highest BCUT2D eigenvalue weighted by Crippen LogP contribution is 2.19. The average Bonchev–Trinajstić information content (AvgIpc) is 2.30. The molecule has 0 radical (unpaired) electrons. The molecule has 0 bridgehead atoms. The highest BCUT2D eigenvalue weighted by atomic mass is 31.1. The summed E-state index contributed by atoms with van der Waals surface area (Å²) in [5.74, 6) is -0.738. The van der Waals surface area contributed by atoms with Gasteiger partial charge in [-0.05, 0) is 48.5 Å².